The van der Waals surface area contributed by atoms with Crippen molar-refractivity contribution in [3.05, 3.63) is 92.4 Å². The van der Waals surface area contributed by atoms with Gasteiger partial charge in [-0.15, -0.1) is 0 Å². The molecule has 0 spiro atoms. The maximum absolute atomic E-state index is 12.2. The van der Waals surface area contributed by atoms with Crippen LogP contribution in [0.2, 0.25) is 0 Å². The number of nitrogens with one attached hydrogen (secondary N) is 3. The third-order valence-electron chi connectivity index (χ3n) is 3.99. The molecule has 27 heavy (non-hydrogen) atoms. The second kappa shape index (κ2) is 8.13. The quantitative estimate of drug-likeness (QED) is 0.604. The van der Waals surface area contributed by atoms with Crippen LogP contribution in [0.4, 0.5) is 5.82 Å². The summed E-state index contributed by atoms with van der Waals surface area (Å²) in [6.07, 6.45) is 2.79. The molecule has 3 N–H and O–H groups in total. The summed E-state index contributed by atoms with van der Waals surface area (Å²) in [5.41, 5.74) is 0.403. The van der Waals surface area contributed by atoms with E-state index in [0.29, 0.717) is 6.54 Å². The van der Waals surface area contributed by atoms with Gasteiger partial charge in [0, 0.05) is 38.1 Å². The van der Waals surface area contributed by atoms with E-state index in [-0.39, 0.29) is 12.1 Å². The Morgan fingerprint density at radius 3 is 2.67 bits per heavy atom. The van der Waals surface area contributed by atoms with E-state index in [4.69, 9.17) is 0 Å². The molecule has 0 saturated carbocycles. The van der Waals surface area contributed by atoms with E-state index in [1.807, 2.05) is 53.3 Å². The number of H-pyrrole nitrogens is 2. The Bertz CT molecular complexity index is 1040. The van der Waals surface area contributed by atoms with Crippen molar-refractivity contribution in [1.82, 2.24) is 20.3 Å². The van der Waals surface area contributed by atoms with Gasteiger partial charge in [-0.2, -0.15) is 0 Å². The van der Waals surface area contributed by atoms with Crippen LogP contribution in [0, 0.1) is 0 Å². The number of hydrogen-bond donors (Lipinski definition) is 3. The standard InChI is InChI=1S/C19H19N5O3/c1-24(12-13-6-3-2-4-7-13)16-14(8-5-9-20-16)10-21-17(25)15-11-22-19(27)23-18(15)26/h2-9,11H,10,12H2,1H3,(H,21,25)(H2,22,23,26,27). The Balaban J connectivity index is 1.73. The van der Waals surface area contributed by atoms with Gasteiger partial charge in [-0.05, 0) is 11.6 Å². The molecule has 2 heterocycles. The summed E-state index contributed by atoms with van der Waals surface area (Å²) in [5, 5.41) is 2.69. The van der Waals surface area contributed by atoms with E-state index >= 15 is 0 Å². The number of amides is 1. The molecule has 8 nitrogen and oxygen atoms in total. The van der Waals surface area contributed by atoms with E-state index in [2.05, 4.69) is 15.3 Å². The van der Waals surface area contributed by atoms with Crippen molar-refractivity contribution >= 4 is 11.7 Å². The highest BCUT2D eigenvalue weighted by molar-refractivity contribution is 5.93. The second-order valence-corrected chi connectivity index (χ2v) is 6.00. The molecule has 3 rings (SSSR count). The topological polar surface area (TPSA) is 111 Å². The minimum absolute atomic E-state index is 0.155. The van der Waals surface area contributed by atoms with Crippen LogP contribution in [0.25, 0.3) is 0 Å². The Morgan fingerprint density at radius 1 is 1.15 bits per heavy atom. The number of carbonyl (C=O) groups excluding carboxylic acids is 1. The predicted octanol–water partition coefficient (Wildman–Crippen LogP) is 1.02. The van der Waals surface area contributed by atoms with Crippen LogP contribution < -0.4 is 21.5 Å². The third-order valence-corrected chi connectivity index (χ3v) is 3.99. The fourth-order valence-electron chi connectivity index (χ4n) is 2.69. The zero-order valence-electron chi connectivity index (χ0n) is 14.7. The summed E-state index contributed by atoms with van der Waals surface area (Å²) in [5.74, 6) is 0.157. The van der Waals surface area contributed by atoms with Crippen molar-refractivity contribution < 1.29 is 4.79 Å². The van der Waals surface area contributed by atoms with Crippen LogP contribution in [-0.2, 0) is 13.1 Å². The lowest BCUT2D eigenvalue weighted by molar-refractivity contribution is 0.0949. The average molecular weight is 365 g/mol. The largest absolute Gasteiger partial charge is 0.355 e. The molecule has 0 unspecified atom stereocenters. The van der Waals surface area contributed by atoms with Crippen LogP contribution in [0.3, 0.4) is 0 Å². The number of rotatable bonds is 6. The third kappa shape index (κ3) is 4.49. The first kappa shape index (κ1) is 18.1. The molecule has 2 aromatic heterocycles. The highest BCUT2D eigenvalue weighted by atomic mass is 16.2. The van der Waals surface area contributed by atoms with Gasteiger partial charge in [-0.1, -0.05) is 36.4 Å². The number of aromatic nitrogens is 3. The van der Waals surface area contributed by atoms with Gasteiger partial charge in [-0.25, -0.2) is 9.78 Å². The fourth-order valence-corrected chi connectivity index (χ4v) is 2.69. The number of hydrogen-bond acceptors (Lipinski definition) is 5. The highest BCUT2D eigenvalue weighted by Gasteiger charge is 2.13. The zero-order chi connectivity index (χ0) is 19.2. The Kier molecular flexibility index (Phi) is 5.46. The molecule has 8 heteroatoms. The van der Waals surface area contributed by atoms with E-state index in [9.17, 15) is 14.4 Å². The lowest BCUT2D eigenvalue weighted by Crippen LogP contribution is -2.33. The lowest BCUT2D eigenvalue weighted by atomic mass is 10.2. The first-order valence-corrected chi connectivity index (χ1v) is 8.34. The lowest BCUT2D eigenvalue weighted by Gasteiger charge is -2.21. The SMILES string of the molecule is CN(Cc1ccccc1)c1ncccc1CNC(=O)c1c[nH]c(=O)[nH]c1=O. The van der Waals surface area contributed by atoms with Crippen LogP contribution >= 0.6 is 0 Å². The van der Waals surface area contributed by atoms with Gasteiger partial charge < -0.3 is 15.2 Å². The molecule has 138 valence electrons. The van der Waals surface area contributed by atoms with Crippen molar-refractivity contribution in [2.24, 2.45) is 0 Å². The second-order valence-electron chi connectivity index (χ2n) is 6.00. The molecule has 0 bridgehead atoms. The summed E-state index contributed by atoms with van der Waals surface area (Å²) in [6, 6.07) is 13.6. The maximum Gasteiger partial charge on any atom is 0.325 e. The van der Waals surface area contributed by atoms with E-state index in [1.165, 1.54) is 0 Å². The molecule has 0 atom stereocenters. The van der Waals surface area contributed by atoms with E-state index in [0.717, 1.165) is 23.1 Å². The number of benzene rings is 1. The van der Waals surface area contributed by atoms with Gasteiger partial charge in [-0.3, -0.25) is 14.6 Å². The van der Waals surface area contributed by atoms with Crippen LogP contribution in [0.1, 0.15) is 21.5 Å². The molecule has 0 fully saturated rings. The molecule has 1 aromatic carbocycles. The monoisotopic (exact) mass is 365 g/mol. The molecule has 0 radical (unpaired) electrons. The Morgan fingerprint density at radius 2 is 1.93 bits per heavy atom. The normalized spacial score (nSPS) is 10.4. The summed E-state index contributed by atoms with van der Waals surface area (Å²) >= 11 is 0. The fraction of sp³-hybridized carbons (Fsp3) is 0.158. The van der Waals surface area contributed by atoms with Crippen molar-refractivity contribution in [3.63, 3.8) is 0 Å². The van der Waals surface area contributed by atoms with E-state index < -0.39 is 17.2 Å². The van der Waals surface area contributed by atoms with Gasteiger partial charge in [0.1, 0.15) is 11.4 Å². The van der Waals surface area contributed by atoms with Crippen molar-refractivity contribution in [2.75, 3.05) is 11.9 Å². The minimum Gasteiger partial charge on any atom is -0.355 e. The first-order chi connectivity index (χ1) is 13.0. The summed E-state index contributed by atoms with van der Waals surface area (Å²) in [4.78, 5) is 45.7. The molecule has 0 aliphatic rings. The molecular weight excluding hydrogens is 346 g/mol. The first-order valence-electron chi connectivity index (χ1n) is 8.34. The molecule has 0 aliphatic carbocycles. The van der Waals surface area contributed by atoms with Gasteiger partial charge in [0.25, 0.3) is 11.5 Å². The van der Waals surface area contributed by atoms with E-state index in [1.54, 1.807) is 12.3 Å². The number of nitrogens with zero attached hydrogens (tertiary/aromatic N) is 2. The summed E-state index contributed by atoms with van der Waals surface area (Å²) in [7, 11) is 1.92. The molecule has 0 aliphatic heterocycles. The Hall–Kier alpha value is -3.68. The van der Waals surface area contributed by atoms with Gasteiger partial charge >= 0.3 is 5.69 Å². The van der Waals surface area contributed by atoms with Crippen molar-refractivity contribution in [1.29, 1.82) is 0 Å². The summed E-state index contributed by atoms with van der Waals surface area (Å²) in [6.45, 7) is 0.859. The molecule has 3 aromatic rings. The average Bonchev–Trinajstić information content (AvgIpc) is 2.67. The van der Waals surface area contributed by atoms with Gasteiger partial charge in [0.05, 0.1) is 0 Å². The molecule has 0 saturated heterocycles. The Labute approximate surface area is 154 Å². The minimum atomic E-state index is -0.733. The zero-order valence-corrected chi connectivity index (χ0v) is 14.7. The smallest absolute Gasteiger partial charge is 0.325 e. The van der Waals surface area contributed by atoms with Crippen molar-refractivity contribution in [2.45, 2.75) is 13.1 Å². The van der Waals surface area contributed by atoms with Crippen LogP contribution in [-0.4, -0.2) is 27.9 Å². The molecular formula is C19H19N5O3. The number of carbonyl (C=O) groups is 1. The van der Waals surface area contributed by atoms with Gasteiger partial charge in [0.2, 0.25) is 0 Å². The van der Waals surface area contributed by atoms with Crippen LogP contribution in [0.15, 0.2) is 64.4 Å². The molecule has 1 amide bonds. The predicted molar refractivity (Wildman–Crippen MR) is 102 cm³/mol. The van der Waals surface area contributed by atoms with Crippen LogP contribution in [0.5, 0.6) is 0 Å². The maximum atomic E-state index is 12.2. The van der Waals surface area contributed by atoms with Crippen molar-refractivity contribution in [3.8, 4) is 0 Å². The number of anilines is 1. The highest BCUT2D eigenvalue weighted by Crippen LogP contribution is 2.18. The van der Waals surface area contributed by atoms with Gasteiger partial charge in [0.15, 0.2) is 0 Å². The number of aromatic amines is 2. The summed E-state index contributed by atoms with van der Waals surface area (Å²) < 4.78 is 0. The number of pyridine rings is 1.